The fraction of sp³-hybridized carbons (Fsp3) is 0.300. The lowest BCUT2D eigenvalue weighted by Gasteiger charge is -2.08. The topological polar surface area (TPSA) is 97.0 Å². The van der Waals surface area contributed by atoms with Crippen molar-refractivity contribution in [3.8, 4) is 5.75 Å². The van der Waals surface area contributed by atoms with E-state index in [1.807, 2.05) is 51.1 Å². The zero-order valence-electron chi connectivity index (χ0n) is 16.0. The fourth-order valence-electron chi connectivity index (χ4n) is 2.78. The van der Waals surface area contributed by atoms with Crippen molar-refractivity contribution in [1.29, 1.82) is 0 Å². The quantitative estimate of drug-likeness (QED) is 0.361. The van der Waals surface area contributed by atoms with Gasteiger partial charge in [-0.25, -0.2) is 9.97 Å². The van der Waals surface area contributed by atoms with Crippen molar-refractivity contribution in [2.75, 3.05) is 18.9 Å². The number of aromatic amines is 1. The molecule has 3 aromatic rings. The van der Waals surface area contributed by atoms with E-state index < -0.39 is 0 Å². The molecule has 0 saturated heterocycles. The fourth-order valence-corrected chi connectivity index (χ4v) is 3.47. The number of nitrogens with zero attached hydrogens (tertiary/aromatic N) is 2. The molecule has 0 atom stereocenters. The van der Waals surface area contributed by atoms with Crippen LogP contribution in [0.25, 0.3) is 11.0 Å². The number of carbonyl (C=O) groups is 1. The number of ether oxygens (including phenoxy) is 1. The molecule has 0 saturated carbocycles. The molecule has 8 heteroatoms. The normalized spacial score (nSPS) is 10.8. The number of fused-ring (bicyclic) bond motifs is 1. The molecular weight excluding hydrogens is 376 g/mol. The summed E-state index contributed by atoms with van der Waals surface area (Å²) in [5.41, 5.74) is 2.90. The maximum atomic E-state index is 12.3. The molecule has 0 unspecified atom stereocenters. The van der Waals surface area contributed by atoms with Crippen molar-refractivity contribution in [1.82, 2.24) is 20.3 Å². The highest BCUT2D eigenvalue weighted by Crippen LogP contribution is 2.16. The molecule has 7 nitrogen and oxygen atoms in total. The van der Waals surface area contributed by atoms with Crippen molar-refractivity contribution in [2.45, 2.75) is 25.9 Å². The molecule has 1 aromatic carbocycles. The highest BCUT2D eigenvalue weighted by atomic mass is 32.2. The lowest BCUT2D eigenvalue weighted by molar-refractivity contribution is -0.118. The molecule has 0 bridgehead atoms. The van der Waals surface area contributed by atoms with Crippen LogP contribution < -0.4 is 15.6 Å². The van der Waals surface area contributed by atoms with E-state index in [1.54, 1.807) is 0 Å². The first-order valence-electron chi connectivity index (χ1n) is 8.89. The second-order valence-corrected chi connectivity index (χ2v) is 7.42. The summed E-state index contributed by atoms with van der Waals surface area (Å²) in [5, 5.41) is 3.64. The highest BCUT2D eigenvalue weighted by Gasteiger charge is 2.10. The van der Waals surface area contributed by atoms with E-state index in [-0.39, 0.29) is 17.2 Å². The van der Waals surface area contributed by atoms with Crippen LogP contribution in [0.3, 0.4) is 0 Å². The van der Waals surface area contributed by atoms with Gasteiger partial charge in [0.15, 0.2) is 10.8 Å². The summed E-state index contributed by atoms with van der Waals surface area (Å²) in [6.07, 6.45) is 0. The predicted molar refractivity (Wildman–Crippen MR) is 110 cm³/mol. The first-order chi connectivity index (χ1) is 13.4. The number of rotatable bonds is 7. The third-order valence-electron chi connectivity index (χ3n) is 4.00. The van der Waals surface area contributed by atoms with Gasteiger partial charge in [0.1, 0.15) is 12.4 Å². The third kappa shape index (κ3) is 5.10. The van der Waals surface area contributed by atoms with E-state index in [4.69, 9.17) is 4.74 Å². The molecule has 2 aromatic heterocycles. The number of hydrogen-bond acceptors (Lipinski definition) is 6. The molecule has 3 rings (SSSR count). The van der Waals surface area contributed by atoms with Crippen LogP contribution in [0.5, 0.6) is 5.75 Å². The maximum absolute atomic E-state index is 12.3. The Bertz CT molecular complexity index is 1060. The predicted octanol–water partition coefficient (Wildman–Crippen LogP) is 2.53. The molecule has 0 spiro atoms. The minimum Gasteiger partial charge on any atom is -0.492 e. The maximum Gasteiger partial charge on any atom is 0.261 e. The van der Waals surface area contributed by atoms with E-state index in [9.17, 15) is 9.59 Å². The zero-order chi connectivity index (χ0) is 20.1. The summed E-state index contributed by atoms with van der Waals surface area (Å²) in [6.45, 7) is 6.49. The van der Waals surface area contributed by atoms with Gasteiger partial charge in [-0.1, -0.05) is 23.9 Å². The van der Waals surface area contributed by atoms with Crippen LogP contribution >= 0.6 is 11.8 Å². The molecular formula is C20H22N4O3S. The Hall–Kier alpha value is -2.87. The molecule has 0 aliphatic heterocycles. The second-order valence-electron chi connectivity index (χ2n) is 6.45. The Labute approximate surface area is 166 Å². The van der Waals surface area contributed by atoms with Crippen LogP contribution in [0.2, 0.25) is 0 Å². The molecule has 0 aliphatic carbocycles. The van der Waals surface area contributed by atoms with Crippen LogP contribution in [0.15, 0.2) is 40.3 Å². The number of thioether (sulfide) groups is 1. The van der Waals surface area contributed by atoms with Crippen LogP contribution in [0.1, 0.15) is 16.8 Å². The lowest BCUT2D eigenvalue weighted by atomic mass is 10.2. The molecule has 28 heavy (non-hydrogen) atoms. The molecule has 2 N–H and O–H groups in total. The number of hydrogen-bond donors (Lipinski definition) is 2. The van der Waals surface area contributed by atoms with E-state index in [1.165, 1.54) is 11.8 Å². The van der Waals surface area contributed by atoms with Gasteiger partial charge in [0, 0.05) is 5.69 Å². The van der Waals surface area contributed by atoms with Gasteiger partial charge in [-0.05, 0) is 50.1 Å². The molecule has 0 fully saturated rings. The second kappa shape index (κ2) is 8.88. The summed E-state index contributed by atoms with van der Waals surface area (Å²) in [4.78, 5) is 35.7. The summed E-state index contributed by atoms with van der Waals surface area (Å²) in [7, 11) is 0. The number of amides is 1. The number of nitrogens with one attached hydrogen (secondary N) is 2. The van der Waals surface area contributed by atoms with Gasteiger partial charge in [0.2, 0.25) is 5.91 Å². The molecule has 0 aliphatic rings. The Morgan fingerprint density at radius 1 is 1.21 bits per heavy atom. The van der Waals surface area contributed by atoms with Gasteiger partial charge in [0.25, 0.3) is 5.56 Å². The van der Waals surface area contributed by atoms with Crippen molar-refractivity contribution in [3.05, 3.63) is 57.5 Å². The zero-order valence-corrected chi connectivity index (χ0v) is 16.9. The Balaban J connectivity index is 1.51. The summed E-state index contributed by atoms with van der Waals surface area (Å²) in [6, 6.07) is 9.59. The molecule has 0 radical (unpaired) electrons. The first kappa shape index (κ1) is 19.9. The van der Waals surface area contributed by atoms with Crippen molar-refractivity contribution in [2.24, 2.45) is 0 Å². The van der Waals surface area contributed by atoms with Crippen molar-refractivity contribution >= 4 is 28.7 Å². The molecule has 1 amide bonds. The van der Waals surface area contributed by atoms with Gasteiger partial charge in [0.05, 0.1) is 17.7 Å². The van der Waals surface area contributed by atoms with Crippen LogP contribution in [0.4, 0.5) is 0 Å². The number of aromatic nitrogens is 3. The summed E-state index contributed by atoms with van der Waals surface area (Å²) < 4.78 is 5.60. The number of carbonyl (C=O) groups excluding carboxylic acids is 1. The third-order valence-corrected chi connectivity index (χ3v) is 4.88. The van der Waals surface area contributed by atoms with Crippen LogP contribution in [0, 0.1) is 20.8 Å². The SMILES string of the molecule is Cc1cccc(OCCNC(=O)CSc2nc3nc(C)cc(C)c3c(=O)[nH]2)c1. The smallest absolute Gasteiger partial charge is 0.261 e. The highest BCUT2D eigenvalue weighted by molar-refractivity contribution is 7.99. The Morgan fingerprint density at radius 2 is 2.04 bits per heavy atom. The van der Waals surface area contributed by atoms with E-state index in [0.29, 0.717) is 29.3 Å². The number of H-pyrrole nitrogens is 1. The monoisotopic (exact) mass is 398 g/mol. The van der Waals surface area contributed by atoms with E-state index >= 15 is 0 Å². The molecule has 146 valence electrons. The number of benzene rings is 1. The average Bonchev–Trinajstić information content (AvgIpc) is 2.63. The lowest BCUT2D eigenvalue weighted by Crippen LogP contribution is -2.29. The van der Waals surface area contributed by atoms with Gasteiger partial charge in [-0.3, -0.25) is 9.59 Å². The van der Waals surface area contributed by atoms with Crippen LogP contribution in [-0.2, 0) is 4.79 Å². The standard InChI is InChI=1S/C20H22N4O3S/c1-12-5-4-6-15(9-12)27-8-7-21-16(25)11-28-20-23-18-17(19(26)24-20)13(2)10-14(3)22-18/h4-6,9-10H,7-8,11H2,1-3H3,(H,21,25)(H,22,23,24,26). The number of pyridine rings is 1. The minimum absolute atomic E-state index is 0.143. The van der Waals surface area contributed by atoms with Gasteiger partial charge in [-0.2, -0.15) is 0 Å². The summed E-state index contributed by atoms with van der Waals surface area (Å²) >= 11 is 1.17. The summed E-state index contributed by atoms with van der Waals surface area (Å²) in [5.74, 6) is 0.762. The Kier molecular flexibility index (Phi) is 6.30. The van der Waals surface area contributed by atoms with E-state index in [0.717, 1.165) is 22.6 Å². The largest absolute Gasteiger partial charge is 0.492 e. The van der Waals surface area contributed by atoms with Gasteiger partial charge >= 0.3 is 0 Å². The first-order valence-corrected chi connectivity index (χ1v) is 9.88. The average molecular weight is 398 g/mol. The van der Waals surface area contributed by atoms with Crippen molar-refractivity contribution < 1.29 is 9.53 Å². The van der Waals surface area contributed by atoms with E-state index in [2.05, 4.69) is 20.3 Å². The van der Waals surface area contributed by atoms with Crippen LogP contribution in [-0.4, -0.2) is 39.8 Å². The molecule has 2 heterocycles. The van der Waals surface area contributed by atoms with Gasteiger partial charge in [-0.15, -0.1) is 0 Å². The Morgan fingerprint density at radius 3 is 2.82 bits per heavy atom. The number of aryl methyl sites for hydroxylation is 3. The van der Waals surface area contributed by atoms with Gasteiger partial charge < -0.3 is 15.0 Å². The minimum atomic E-state index is -0.246. The van der Waals surface area contributed by atoms with Crippen molar-refractivity contribution in [3.63, 3.8) is 0 Å².